The molecule has 2 fully saturated rings. The average molecular weight is 262 g/mol. The number of hydrogen-bond acceptors (Lipinski definition) is 6. The van der Waals surface area contributed by atoms with E-state index >= 15 is 0 Å². The largest absolute Gasteiger partial charge is 0.354 e. The average Bonchev–Trinajstić information content (AvgIpc) is 2.48. The minimum Gasteiger partial charge on any atom is -0.354 e. The summed E-state index contributed by atoms with van der Waals surface area (Å²) in [6, 6.07) is 2.14. The molecule has 1 aromatic rings. The van der Waals surface area contributed by atoms with Gasteiger partial charge in [0.05, 0.1) is 0 Å². The van der Waals surface area contributed by atoms with Crippen molar-refractivity contribution >= 4 is 11.6 Å². The molecule has 2 N–H and O–H groups in total. The zero-order valence-corrected chi connectivity index (χ0v) is 11.5. The molecule has 104 valence electrons. The second kappa shape index (κ2) is 5.71. The summed E-state index contributed by atoms with van der Waals surface area (Å²) in [6.07, 6.45) is 0. The molecule has 3 rings (SSSR count). The summed E-state index contributed by atoms with van der Waals surface area (Å²) < 4.78 is 0. The van der Waals surface area contributed by atoms with Crippen LogP contribution >= 0.6 is 0 Å². The van der Waals surface area contributed by atoms with Crippen LogP contribution in [0.4, 0.5) is 11.6 Å². The number of rotatable bonds is 2. The summed E-state index contributed by atoms with van der Waals surface area (Å²) >= 11 is 0. The first-order chi connectivity index (χ1) is 9.33. The fourth-order valence-corrected chi connectivity index (χ4v) is 2.65. The summed E-state index contributed by atoms with van der Waals surface area (Å²) in [4.78, 5) is 13.9. The van der Waals surface area contributed by atoms with Crippen LogP contribution in [0.1, 0.15) is 5.82 Å². The van der Waals surface area contributed by atoms with Crippen LogP contribution in [-0.4, -0.2) is 62.3 Å². The van der Waals surface area contributed by atoms with Gasteiger partial charge < -0.3 is 20.4 Å². The number of piperazine rings is 2. The number of aryl methyl sites for hydroxylation is 1. The maximum atomic E-state index is 4.60. The molecule has 19 heavy (non-hydrogen) atoms. The number of nitrogens with one attached hydrogen (secondary N) is 2. The molecule has 0 aliphatic carbocycles. The van der Waals surface area contributed by atoms with Gasteiger partial charge in [-0.2, -0.15) is 0 Å². The standard InChI is InChI=1S/C13H22N6/c1-11-16-12(18-6-2-14-3-7-18)10-13(17-11)19-8-4-15-5-9-19/h10,14-15H,2-9H2,1H3. The van der Waals surface area contributed by atoms with E-state index in [9.17, 15) is 0 Å². The van der Waals surface area contributed by atoms with Gasteiger partial charge in [0, 0.05) is 58.4 Å². The fourth-order valence-electron chi connectivity index (χ4n) is 2.65. The molecule has 0 bridgehead atoms. The molecule has 3 heterocycles. The van der Waals surface area contributed by atoms with Gasteiger partial charge in [-0.05, 0) is 6.92 Å². The molecule has 0 atom stereocenters. The van der Waals surface area contributed by atoms with E-state index in [-0.39, 0.29) is 0 Å². The molecule has 0 aromatic carbocycles. The molecule has 0 spiro atoms. The Morgan fingerprint density at radius 2 is 1.26 bits per heavy atom. The Morgan fingerprint density at radius 1 is 0.842 bits per heavy atom. The highest BCUT2D eigenvalue weighted by Gasteiger charge is 2.17. The van der Waals surface area contributed by atoms with Crippen LogP contribution < -0.4 is 20.4 Å². The summed E-state index contributed by atoms with van der Waals surface area (Å²) in [7, 11) is 0. The first kappa shape index (κ1) is 12.6. The van der Waals surface area contributed by atoms with Gasteiger partial charge in [-0.3, -0.25) is 0 Å². The van der Waals surface area contributed by atoms with Gasteiger partial charge in [0.15, 0.2) is 0 Å². The van der Waals surface area contributed by atoms with E-state index in [0.717, 1.165) is 69.8 Å². The molecular weight excluding hydrogens is 240 g/mol. The van der Waals surface area contributed by atoms with Crippen LogP contribution in [-0.2, 0) is 0 Å². The number of hydrogen-bond donors (Lipinski definition) is 2. The third-order valence-electron chi connectivity index (χ3n) is 3.69. The smallest absolute Gasteiger partial charge is 0.134 e. The Balaban J connectivity index is 1.82. The van der Waals surface area contributed by atoms with Gasteiger partial charge in [-0.1, -0.05) is 0 Å². The summed E-state index contributed by atoms with van der Waals surface area (Å²) in [5, 5.41) is 6.75. The Kier molecular flexibility index (Phi) is 3.79. The quantitative estimate of drug-likeness (QED) is 0.757. The zero-order chi connectivity index (χ0) is 13.1. The van der Waals surface area contributed by atoms with Crippen molar-refractivity contribution < 1.29 is 0 Å². The molecule has 1 aromatic heterocycles. The highest BCUT2D eigenvalue weighted by Crippen LogP contribution is 2.19. The van der Waals surface area contributed by atoms with Crippen molar-refractivity contribution in [3.8, 4) is 0 Å². The SMILES string of the molecule is Cc1nc(N2CCNCC2)cc(N2CCNCC2)n1. The van der Waals surface area contributed by atoms with Crippen molar-refractivity contribution in [2.24, 2.45) is 0 Å². The topological polar surface area (TPSA) is 56.3 Å². The Hall–Kier alpha value is -1.40. The molecule has 6 nitrogen and oxygen atoms in total. The lowest BCUT2D eigenvalue weighted by molar-refractivity contribution is 0.577. The van der Waals surface area contributed by atoms with Gasteiger partial charge in [0.1, 0.15) is 17.5 Å². The van der Waals surface area contributed by atoms with Crippen LogP contribution in [0.3, 0.4) is 0 Å². The zero-order valence-electron chi connectivity index (χ0n) is 11.5. The van der Waals surface area contributed by atoms with Crippen molar-refractivity contribution in [3.63, 3.8) is 0 Å². The van der Waals surface area contributed by atoms with E-state index in [1.807, 2.05) is 6.92 Å². The van der Waals surface area contributed by atoms with E-state index in [1.54, 1.807) is 0 Å². The van der Waals surface area contributed by atoms with Crippen LogP contribution in [0, 0.1) is 6.92 Å². The molecule has 6 heteroatoms. The Labute approximate surface area is 114 Å². The van der Waals surface area contributed by atoms with E-state index in [2.05, 4.69) is 36.5 Å². The second-order valence-corrected chi connectivity index (χ2v) is 5.11. The minimum atomic E-state index is 0.865. The lowest BCUT2D eigenvalue weighted by Gasteiger charge is -2.31. The summed E-state index contributed by atoms with van der Waals surface area (Å²) in [5.74, 6) is 3.01. The molecular formula is C13H22N6. The van der Waals surface area contributed by atoms with E-state index in [4.69, 9.17) is 0 Å². The molecule has 0 saturated carbocycles. The van der Waals surface area contributed by atoms with Crippen molar-refractivity contribution in [3.05, 3.63) is 11.9 Å². The molecule has 2 aliphatic heterocycles. The molecule has 0 radical (unpaired) electrons. The van der Waals surface area contributed by atoms with Gasteiger partial charge >= 0.3 is 0 Å². The van der Waals surface area contributed by atoms with Crippen LogP contribution in [0.5, 0.6) is 0 Å². The number of nitrogens with zero attached hydrogens (tertiary/aromatic N) is 4. The Morgan fingerprint density at radius 3 is 1.68 bits per heavy atom. The molecule has 2 saturated heterocycles. The fraction of sp³-hybridized carbons (Fsp3) is 0.692. The number of anilines is 2. The van der Waals surface area contributed by atoms with Gasteiger partial charge in [0.25, 0.3) is 0 Å². The van der Waals surface area contributed by atoms with Crippen LogP contribution in [0.15, 0.2) is 6.07 Å². The monoisotopic (exact) mass is 262 g/mol. The van der Waals surface area contributed by atoms with Gasteiger partial charge in [-0.15, -0.1) is 0 Å². The van der Waals surface area contributed by atoms with Crippen molar-refractivity contribution in [1.82, 2.24) is 20.6 Å². The summed E-state index contributed by atoms with van der Waals surface area (Å²) in [5.41, 5.74) is 0. The lowest BCUT2D eigenvalue weighted by atomic mass is 10.3. The van der Waals surface area contributed by atoms with Crippen molar-refractivity contribution in [2.45, 2.75) is 6.92 Å². The van der Waals surface area contributed by atoms with E-state index in [1.165, 1.54) is 0 Å². The third kappa shape index (κ3) is 2.96. The first-order valence-corrected chi connectivity index (χ1v) is 7.10. The second-order valence-electron chi connectivity index (χ2n) is 5.11. The predicted octanol–water partition coefficient (Wildman–Crippen LogP) is -0.396. The molecule has 0 amide bonds. The highest BCUT2D eigenvalue weighted by atomic mass is 15.3. The van der Waals surface area contributed by atoms with Crippen LogP contribution in [0.25, 0.3) is 0 Å². The Bertz CT molecular complexity index is 387. The minimum absolute atomic E-state index is 0.865. The van der Waals surface area contributed by atoms with Gasteiger partial charge in [0.2, 0.25) is 0 Å². The van der Waals surface area contributed by atoms with Crippen molar-refractivity contribution in [1.29, 1.82) is 0 Å². The maximum Gasteiger partial charge on any atom is 0.134 e. The number of aromatic nitrogens is 2. The van der Waals surface area contributed by atoms with Gasteiger partial charge in [-0.25, -0.2) is 9.97 Å². The third-order valence-corrected chi connectivity index (χ3v) is 3.69. The van der Waals surface area contributed by atoms with E-state index < -0.39 is 0 Å². The van der Waals surface area contributed by atoms with Crippen LogP contribution in [0.2, 0.25) is 0 Å². The van der Waals surface area contributed by atoms with E-state index in [0.29, 0.717) is 0 Å². The lowest BCUT2D eigenvalue weighted by Crippen LogP contribution is -2.45. The first-order valence-electron chi connectivity index (χ1n) is 7.10. The molecule has 2 aliphatic rings. The normalized spacial score (nSPS) is 20.7. The van der Waals surface area contributed by atoms with Crippen molar-refractivity contribution in [2.75, 3.05) is 62.2 Å². The summed E-state index contributed by atoms with van der Waals surface area (Å²) in [6.45, 7) is 10.2. The highest BCUT2D eigenvalue weighted by molar-refractivity contribution is 5.51. The predicted molar refractivity (Wildman–Crippen MR) is 76.9 cm³/mol. The maximum absolute atomic E-state index is 4.60. The molecule has 0 unspecified atom stereocenters.